The molecule has 0 radical (unpaired) electrons. The van der Waals surface area contributed by atoms with Crippen molar-refractivity contribution in [3.05, 3.63) is 36.5 Å². The molecule has 8 nitrogen and oxygen atoms in total. The standard InChI is InChI=1S/C55H101NO7/c1-6-8-10-12-14-16-18-20-22-24-25-26-27-28-29-30-32-34-36-38-40-42-44-46-54(58)63-51(49-61-48-47-52(55(59)60)56(3,4)5)50-62-53(57)45-43-41-39-37-35-33-31-23-21-19-17-15-13-11-9-7-2/h9,11,15,17,21,23,51-52H,6-8,10,12-14,16,18-20,22,24-50H2,1-5H3/b11-9+,17-15+,23-21+. The third kappa shape index (κ3) is 44.5. The second-order valence-electron chi connectivity index (χ2n) is 19.1. The molecule has 0 aromatic carbocycles. The molecule has 0 spiro atoms. The molecule has 0 amide bonds. The lowest BCUT2D eigenvalue weighted by molar-refractivity contribution is -0.889. The van der Waals surface area contributed by atoms with Crippen LogP contribution in [0.1, 0.15) is 245 Å². The molecule has 0 rings (SSSR count). The molecule has 0 saturated heterocycles. The van der Waals surface area contributed by atoms with Crippen LogP contribution in [-0.2, 0) is 28.6 Å². The highest BCUT2D eigenvalue weighted by atomic mass is 16.6. The van der Waals surface area contributed by atoms with Crippen LogP contribution in [0.4, 0.5) is 0 Å². The summed E-state index contributed by atoms with van der Waals surface area (Å²) in [5.74, 6) is -1.74. The van der Waals surface area contributed by atoms with Crippen LogP contribution >= 0.6 is 0 Å². The Morgan fingerprint density at radius 1 is 0.492 bits per heavy atom. The van der Waals surface area contributed by atoms with Crippen molar-refractivity contribution in [2.24, 2.45) is 0 Å². The van der Waals surface area contributed by atoms with Crippen LogP contribution in [0, 0.1) is 0 Å². The Balaban J connectivity index is 4.18. The normalized spacial score (nSPS) is 13.1. The largest absolute Gasteiger partial charge is 0.544 e. The maximum Gasteiger partial charge on any atom is 0.306 e. The number of aliphatic carboxylic acids is 1. The number of likely N-dealkylation sites (N-methyl/N-ethyl adjacent to an activating group) is 1. The van der Waals surface area contributed by atoms with E-state index in [0.717, 1.165) is 70.6 Å². The number of ether oxygens (including phenoxy) is 3. The predicted molar refractivity (Wildman–Crippen MR) is 263 cm³/mol. The number of hydrogen-bond acceptors (Lipinski definition) is 7. The summed E-state index contributed by atoms with van der Waals surface area (Å²) in [6.45, 7) is 4.58. The van der Waals surface area contributed by atoms with Gasteiger partial charge in [-0.05, 0) is 44.9 Å². The van der Waals surface area contributed by atoms with Crippen molar-refractivity contribution in [1.29, 1.82) is 0 Å². The Hall–Kier alpha value is -2.45. The van der Waals surface area contributed by atoms with Crippen molar-refractivity contribution in [2.75, 3.05) is 41.0 Å². The zero-order chi connectivity index (χ0) is 46.3. The first-order chi connectivity index (χ1) is 30.6. The number of nitrogens with zero attached hydrogens (tertiary/aromatic N) is 1. The Kier molecular flexibility index (Phi) is 44.3. The lowest BCUT2D eigenvalue weighted by atomic mass is 10.0. The van der Waals surface area contributed by atoms with Crippen LogP contribution in [-0.4, -0.2) is 75.5 Å². The third-order valence-electron chi connectivity index (χ3n) is 12.0. The number of allylic oxidation sites excluding steroid dienone is 6. The van der Waals surface area contributed by atoms with Crippen molar-refractivity contribution in [1.82, 2.24) is 0 Å². The minimum atomic E-state index is -1.12. The summed E-state index contributed by atoms with van der Waals surface area (Å²) in [6, 6.07) is -0.727. The highest BCUT2D eigenvalue weighted by Gasteiger charge is 2.25. The number of esters is 2. The first kappa shape index (κ1) is 60.5. The van der Waals surface area contributed by atoms with E-state index in [2.05, 4.69) is 50.3 Å². The lowest BCUT2D eigenvalue weighted by Crippen LogP contribution is -2.55. The first-order valence-corrected chi connectivity index (χ1v) is 26.5. The van der Waals surface area contributed by atoms with Gasteiger partial charge in [0.15, 0.2) is 6.10 Å². The molecule has 0 saturated carbocycles. The molecule has 0 N–H and O–H groups in total. The van der Waals surface area contributed by atoms with Crippen LogP contribution < -0.4 is 5.11 Å². The van der Waals surface area contributed by atoms with Crippen molar-refractivity contribution in [2.45, 2.75) is 257 Å². The van der Waals surface area contributed by atoms with Crippen molar-refractivity contribution in [3.63, 3.8) is 0 Å². The van der Waals surface area contributed by atoms with E-state index < -0.39 is 18.1 Å². The van der Waals surface area contributed by atoms with Gasteiger partial charge in [-0.1, -0.05) is 217 Å². The Labute approximate surface area is 389 Å². The molecular formula is C55H101NO7. The number of carboxylic acid groups (broad SMARTS) is 1. The average Bonchev–Trinajstić information content (AvgIpc) is 3.24. The van der Waals surface area contributed by atoms with Gasteiger partial charge >= 0.3 is 11.9 Å². The number of rotatable bonds is 48. The summed E-state index contributed by atoms with van der Waals surface area (Å²) in [4.78, 5) is 37.0. The van der Waals surface area contributed by atoms with Crippen molar-refractivity contribution >= 4 is 17.9 Å². The number of carbonyl (C=O) groups is 3. The Morgan fingerprint density at radius 3 is 1.32 bits per heavy atom. The van der Waals surface area contributed by atoms with Gasteiger partial charge in [0, 0.05) is 19.3 Å². The van der Waals surface area contributed by atoms with Crippen LogP contribution in [0.25, 0.3) is 0 Å². The van der Waals surface area contributed by atoms with Gasteiger partial charge in [0.25, 0.3) is 0 Å². The highest BCUT2D eigenvalue weighted by Crippen LogP contribution is 2.17. The van der Waals surface area contributed by atoms with Crippen LogP contribution in [0.3, 0.4) is 0 Å². The Bertz CT molecular complexity index is 1130. The molecule has 0 aromatic rings. The summed E-state index contributed by atoms with van der Waals surface area (Å²) < 4.78 is 17.3. The number of quaternary nitrogens is 1. The Morgan fingerprint density at radius 2 is 0.889 bits per heavy atom. The van der Waals surface area contributed by atoms with Crippen LogP contribution in [0.2, 0.25) is 0 Å². The summed E-state index contributed by atoms with van der Waals surface area (Å²) >= 11 is 0. The summed E-state index contributed by atoms with van der Waals surface area (Å²) in [7, 11) is 5.42. The zero-order valence-electron chi connectivity index (χ0n) is 42.0. The van der Waals surface area contributed by atoms with Gasteiger partial charge in [-0.25, -0.2) is 0 Å². The van der Waals surface area contributed by atoms with Crippen LogP contribution in [0.5, 0.6) is 0 Å². The SMILES string of the molecule is CC/C=C/C/C=C/C/C=C/CCCCCCCCC(=O)OCC(COCCC(C(=O)[O-])[N+](C)(C)C)OC(=O)CCCCCCCCCCCCCCCCCCCCCCCCC. The molecule has 368 valence electrons. The fourth-order valence-electron chi connectivity index (χ4n) is 7.97. The summed E-state index contributed by atoms with van der Waals surface area (Å²) in [5.41, 5.74) is 0. The van der Waals surface area contributed by atoms with E-state index in [1.807, 2.05) is 0 Å². The molecule has 0 fully saturated rings. The molecule has 0 aromatic heterocycles. The van der Waals surface area contributed by atoms with E-state index in [4.69, 9.17) is 14.2 Å². The van der Waals surface area contributed by atoms with Gasteiger partial charge in [-0.3, -0.25) is 9.59 Å². The van der Waals surface area contributed by atoms with Gasteiger partial charge in [0.05, 0.1) is 40.3 Å². The molecule has 8 heteroatoms. The topological polar surface area (TPSA) is 102 Å². The number of carboxylic acids is 1. The van der Waals surface area contributed by atoms with E-state index in [1.54, 1.807) is 21.1 Å². The van der Waals surface area contributed by atoms with E-state index in [1.165, 1.54) is 141 Å². The smallest absolute Gasteiger partial charge is 0.306 e. The van der Waals surface area contributed by atoms with E-state index >= 15 is 0 Å². The van der Waals surface area contributed by atoms with E-state index in [0.29, 0.717) is 12.8 Å². The second kappa shape index (κ2) is 46.1. The number of hydrogen-bond donors (Lipinski definition) is 0. The maximum atomic E-state index is 12.8. The molecule has 0 aliphatic rings. The van der Waals surface area contributed by atoms with Gasteiger partial charge in [0.1, 0.15) is 12.6 Å². The minimum absolute atomic E-state index is 0.0395. The van der Waals surface area contributed by atoms with E-state index in [9.17, 15) is 19.5 Å². The molecule has 0 aliphatic heterocycles. The van der Waals surface area contributed by atoms with Gasteiger partial charge in [-0.15, -0.1) is 0 Å². The number of unbranched alkanes of at least 4 members (excludes halogenated alkanes) is 28. The first-order valence-electron chi connectivity index (χ1n) is 26.5. The van der Waals surface area contributed by atoms with Gasteiger partial charge in [-0.2, -0.15) is 0 Å². The fourth-order valence-corrected chi connectivity index (χ4v) is 7.97. The maximum absolute atomic E-state index is 12.8. The zero-order valence-corrected chi connectivity index (χ0v) is 42.0. The van der Waals surface area contributed by atoms with E-state index in [-0.39, 0.29) is 42.7 Å². The predicted octanol–water partition coefficient (Wildman–Crippen LogP) is 14.0. The highest BCUT2D eigenvalue weighted by molar-refractivity contribution is 5.70. The van der Waals surface area contributed by atoms with Crippen molar-refractivity contribution < 1.29 is 38.2 Å². The van der Waals surface area contributed by atoms with Gasteiger partial charge in [0.2, 0.25) is 0 Å². The monoisotopic (exact) mass is 888 g/mol. The van der Waals surface area contributed by atoms with Gasteiger partial charge < -0.3 is 28.6 Å². The van der Waals surface area contributed by atoms with Crippen molar-refractivity contribution in [3.8, 4) is 0 Å². The summed E-state index contributed by atoms with van der Waals surface area (Å²) in [5, 5.41) is 11.7. The molecule has 0 bridgehead atoms. The molecule has 2 unspecified atom stereocenters. The summed E-state index contributed by atoms with van der Waals surface area (Å²) in [6.07, 6.45) is 54.7. The molecule has 2 atom stereocenters. The van der Waals surface area contributed by atoms with Crippen LogP contribution in [0.15, 0.2) is 36.5 Å². The minimum Gasteiger partial charge on any atom is -0.544 e. The average molecular weight is 888 g/mol. The molecule has 0 heterocycles. The lowest BCUT2D eigenvalue weighted by Gasteiger charge is -2.34. The molecule has 0 aliphatic carbocycles. The number of carbonyl (C=O) groups excluding carboxylic acids is 3. The second-order valence-corrected chi connectivity index (χ2v) is 19.1. The third-order valence-corrected chi connectivity index (χ3v) is 12.0. The quantitative estimate of drug-likeness (QED) is 0.0259. The molecular weight excluding hydrogens is 787 g/mol. The molecule has 63 heavy (non-hydrogen) atoms. The fraction of sp³-hybridized carbons (Fsp3) is 0.836.